The Hall–Kier alpha value is -2.19. The number of urea groups is 1. The van der Waals surface area contributed by atoms with Crippen LogP contribution in [-0.2, 0) is 16.0 Å². The number of carbonyl (C=O) groups excluding carboxylic acids is 2. The summed E-state index contributed by atoms with van der Waals surface area (Å²) in [6, 6.07) is -0.257. The summed E-state index contributed by atoms with van der Waals surface area (Å²) in [7, 11) is 0. The highest BCUT2D eigenvalue weighted by Gasteiger charge is 2.28. The average Bonchev–Trinajstić information content (AvgIpc) is 3.04. The van der Waals surface area contributed by atoms with Gasteiger partial charge in [0.2, 0.25) is 0 Å². The molecule has 0 bridgehead atoms. The number of piperidine rings is 1. The topological polar surface area (TPSA) is 76.5 Å². The third kappa shape index (κ3) is 4.65. The number of ether oxygens (including phenoxy) is 1. The fourth-order valence-corrected chi connectivity index (χ4v) is 2.69. The zero-order valence-corrected chi connectivity index (χ0v) is 13.6. The minimum absolute atomic E-state index is 0.160. The Morgan fingerprint density at radius 2 is 2.12 bits per heavy atom. The van der Waals surface area contributed by atoms with Crippen molar-refractivity contribution >= 4 is 12.0 Å². The van der Waals surface area contributed by atoms with Crippen LogP contribution in [-0.4, -0.2) is 52.7 Å². The van der Waals surface area contributed by atoms with Gasteiger partial charge < -0.3 is 15.0 Å². The lowest BCUT2D eigenvalue weighted by molar-refractivity contribution is -0.149. The highest BCUT2D eigenvalue weighted by Crippen LogP contribution is 2.18. The van der Waals surface area contributed by atoms with Crippen LogP contribution in [0.5, 0.6) is 0 Å². The molecule has 0 unspecified atom stereocenters. The molecular weight excluding hydrogens is 322 g/mol. The maximum atomic E-state index is 12.7. The Morgan fingerprint density at radius 1 is 1.42 bits per heavy atom. The van der Waals surface area contributed by atoms with Gasteiger partial charge in [0.25, 0.3) is 0 Å². The second kappa shape index (κ2) is 8.60. The molecular formula is C15H22F2N4O3. The first-order valence-electron chi connectivity index (χ1n) is 8.02. The van der Waals surface area contributed by atoms with Crippen LogP contribution < -0.4 is 5.32 Å². The van der Waals surface area contributed by atoms with Gasteiger partial charge in [-0.25, -0.2) is 9.78 Å². The van der Waals surface area contributed by atoms with Gasteiger partial charge >= 0.3 is 18.5 Å². The molecule has 0 atom stereocenters. The number of aromatic nitrogens is 2. The lowest BCUT2D eigenvalue weighted by Crippen LogP contribution is -2.46. The predicted molar refractivity (Wildman–Crippen MR) is 81.5 cm³/mol. The van der Waals surface area contributed by atoms with E-state index >= 15 is 0 Å². The smallest absolute Gasteiger partial charge is 0.319 e. The van der Waals surface area contributed by atoms with Crippen LogP contribution in [0.15, 0.2) is 12.4 Å². The van der Waals surface area contributed by atoms with E-state index in [0.29, 0.717) is 32.5 Å². The van der Waals surface area contributed by atoms with E-state index in [4.69, 9.17) is 4.74 Å². The average molecular weight is 344 g/mol. The van der Waals surface area contributed by atoms with Crippen LogP contribution in [0.25, 0.3) is 0 Å². The van der Waals surface area contributed by atoms with Crippen LogP contribution >= 0.6 is 0 Å². The SMILES string of the molecule is CCOC(=O)C1CCN(C(=O)NCCc2nccn2C(F)F)CC1. The zero-order chi connectivity index (χ0) is 17.5. The fraction of sp³-hybridized carbons (Fsp3) is 0.667. The molecule has 0 aliphatic carbocycles. The molecule has 0 saturated carbocycles. The standard InChI is InChI=1S/C15H22F2N4O3/c1-2-24-13(22)11-4-8-20(9-5-11)15(23)19-6-3-12-18-7-10-21(12)14(16)17/h7,10-11,14H,2-6,8-9H2,1H3,(H,19,23). The van der Waals surface area contributed by atoms with Gasteiger partial charge in [0, 0.05) is 38.4 Å². The third-order valence-electron chi connectivity index (χ3n) is 3.99. The molecule has 7 nitrogen and oxygen atoms in total. The van der Waals surface area contributed by atoms with Crippen molar-refractivity contribution < 1.29 is 23.1 Å². The van der Waals surface area contributed by atoms with E-state index < -0.39 is 6.55 Å². The van der Waals surface area contributed by atoms with Crippen LogP contribution in [0.3, 0.4) is 0 Å². The molecule has 1 N–H and O–H groups in total. The van der Waals surface area contributed by atoms with E-state index in [-0.39, 0.29) is 36.7 Å². The molecule has 134 valence electrons. The molecule has 0 aromatic carbocycles. The number of rotatable bonds is 6. The minimum atomic E-state index is -2.64. The molecule has 24 heavy (non-hydrogen) atoms. The Bertz CT molecular complexity index is 557. The van der Waals surface area contributed by atoms with Crippen molar-refractivity contribution in [1.29, 1.82) is 0 Å². The number of esters is 1. The number of nitrogens with zero attached hydrogens (tertiary/aromatic N) is 3. The largest absolute Gasteiger partial charge is 0.466 e. The first kappa shape index (κ1) is 18.2. The van der Waals surface area contributed by atoms with Crippen molar-refractivity contribution in [3.05, 3.63) is 18.2 Å². The van der Waals surface area contributed by atoms with Crippen molar-refractivity contribution in [3.63, 3.8) is 0 Å². The van der Waals surface area contributed by atoms with Gasteiger partial charge in [-0.1, -0.05) is 0 Å². The Morgan fingerprint density at radius 3 is 2.75 bits per heavy atom. The van der Waals surface area contributed by atoms with Crippen molar-refractivity contribution in [2.24, 2.45) is 5.92 Å². The highest BCUT2D eigenvalue weighted by molar-refractivity contribution is 5.76. The quantitative estimate of drug-likeness (QED) is 0.799. The second-order valence-electron chi connectivity index (χ2n) is 5.52. The molecule has 0 spiro atoms. The molecule has 1 aliphatic heterocycles. The number of carbonyl (C=O) groups is 2. The molecule has 1 aliphatic rings. The molecule has 2 rings (SSSR count). The molecule has 0 radical (unpaired) electrons. The summed E-state index contributed by atoms with van der Waals surface area (Å²) < 4.78 is 31.1. The summed E-state index contributed by atoms with van der Waals surface area (Å²) >= 11 is 0. The van der Waals surface area contributed by atoms with E-state index in [9.17, 15) is 18.4 Å². The van der Waals surface area contributed by atoms with E-state index in [1.807, 2.05) is 0 Å². The molecule has 1 aromatic rings. The van der Waals surface area contributed by atoms with Gasteiger partial charge in [0.1, 0.15) is 5.82 Å². The normalized spacial score (nSPS) is 15.6. The number of halogens is 2. The van der Waals surface area contributed by atoms with Crippen molar-refractivity contribution in [1.82, 2.24) is 19.8 Å². The maximum Gasteiger partial charge on any atom is 0.319 e. The van der Waals surface area contributed by atoms with Gasteiger partial charge in [-0.15, -0.1) is 0 Å². The number of nitrogens with one attached hydrogen (secondary N) is 1. The van der Waals surface area contributed by atoms with Crippen LogP contribution in [0.4, 0.5) is 13.6 Å². The fourth-order valence-electron chi connectivity index (χ4n) is 2.69. The Kier molecular flexibility index (Phi) is 6.51. The second-order valence-corrected chi connectivity index (χ2v) is 5.52. The number of hydrogen-bond donors (Lipinski definition) is 1. The highest BCUT2D eigenvalue weighted by atomic mass is 19.3. The Balaban J connectivity index is 1.72. The monoisotopic (exact) mass is 344 g/mol. The van der Waals surface area contributed by atoms with Crippen LogP contribution in [0.1, 0.15) is 32.1 Å². The lowest BCUT2D eigenvalue weighted by Gasteiger charge is -2.30. The van der Waals surface area contributed by atoms with Gasteiger partial charge in [-0.2, -0.15) is 8.78 Å². The van der Waals surface area contributed by atoms with E-state index in [2.05, 4.69) is 10.3 Å². The van der Waals surface area contributed by atoms with Gasteiger partial charge in [-0.3, -0.25) is 9.36 Å². The molecule has 2 amide bonds. The van der Waals surface area contributed by atoms with E-state index in [1.165, 1.54) is 12.4 Å². The van der Waals surface area contributed by atoms with E-state index in [0.717, 1.165) is 4.57 Å². The lowest BCUT2D eigenvalue weighted by atomic mass is 9.97. The van der Waals surface area contributed by atoms with Crippen molar-refractivity contribution in [2.45, 2.75) is 32.7 Å². The zero-order valence-electron chi connectivity index (χ0n) is 13.6. The summed E-state index contributed by atoms with van der Waals surface area (Å²) in [4.78, 5) is 29.2. The van der Waals surface area contributed by atoms with E-state index in [1.54, 1.807) is 11.8 Å². The third-order valence-corrected chi connectivity index (χ3v) is 3.99. The molecule has 1 aromatic heterocycles. The number of imidazole rings is 1. The van der Waals surface area contributed by atoms with Gasteiger partial charge in [0.05, 0.1) is 12.5 Å². The number of likely N-dealkylation sites (tertiary alicyclic amines) is 1. The first-order valence-corrected chi connectivity index (χ1v) is 8.02. The summed E-state index contributed by atoms with van der Waals surface area (Å²) in [6.07, 6.45) is 3.89. The maximum absolute atomic E-state index is 12.7. The van der Waals surface area contributed by atoms with Crippen LogP contribution in [0, 0.1) is 5.92 Å². The van der Waals surface area contributed by atoms with Crippen molar-refractivity contribution in [2.75, 3.05) is 26.2 Å². The summed E-state index contributed by atoms with van der Waals surface area (Å²) in [5, 5.41) is 2.70. The predicted octanol–water partition coefficient (Wildman–Crippen LogP) is 1.81. The van der Waals surface area contributed by atoms with Gasteiger partial charge in [0.15, 0.2) is 0 Å². The Labute approximate surface area is 139 Å². The number of amides is 2. The molecule has 9 heteroatoms. The summed E-state index contributed by atoms with van der Waals surface area (Å²) in [5.74, 6) is -0.143. The summed E-state index contributed by atoms with van der Waals surface area (Å²) in [6.45, 7) is 0.649. The molecule has 1 fully saturated rings. The molecule has 2 heterocycles. The summed E-state index contributed by atoms with van der Waals surface area (Å²) in [5.41, 5.74) is 0. The molecule has 1 saturated heterocycles. The minimum Gasteiger partial charge on any atom is -0.466 e. The van der Waals surface area contributed by atoms with Crippen molar-refractivity contribution in [3.8, 4) is 0 Å². The number of hydrogen-bond acceptors (Lipinski definition) is 4. The van der Waals surface area contributed by atoms with Gasteiger partial charge in [-0.05, 0) is 19.8 Å². The number of alkyl halides is 2. The first-order chi connectivity index (χ1) is 11.5. The van der Waals surface area contributed by atoms with Crippen LogP contribution in [0.2, 0.25) is 0 Å².